The largest absolute Gasteiger partial charge is 0.492 e. The van der Waals surface area contributed by atoms with Crippen LogP contribution in [0.2, 0.25) is 5.02 Å². The Morgan fingerprint density at radius 2 is 2.18 bits per heavy atom. The van der Waals surface area contributed by atoms with Crippen LogP contribution in [0.15, 0.2) is 41.0 Å². The second-order valence-corrected chi connectivity index (χ2v) is 6.21. The Kier molecular flexibility index (Phi) is 5.91. The Bertz CT molecular complexity index is 657. The lowest BCUT2D eigenvalue weighted by Crippen LogP contribution is -2.32. The summed E-state index contributed by atoms with van der Waals surface area (Å²) in [4.78, 5) is 14.1. The van der Waals surface area contributed by atoms with Crippen LogP contribution in [-0.4, -0.2) is 35.6 Å². The summed E-state index contributed by atoms with van der Waals surface area (Å²) in [6.45, 7) is 3.67. The van der Waals surface area contributed by atoms with Gasteiger partial charge in [0, 0.05) is 29.3 Å². The van der Waals surface area contributed by atoms with Crippen molar-refractivity contribution >= 4 is 33.4 Å². The van der Waals surface area contributed by atoms with E-state index < -0.39 is 0 Å². The van der Waals surface area contributed by atoms with E-state index in [0.29, 0.717) is 29.6 Å². The minimum absolute atomic E-state index is 0.0257. The van der Waals surface area contributed by atoms with Gasteiger partial charge in [0.2, 0.25) is 0 Å². The van der Waals surface area contributed by atoms with E-state index in [1.807, 2.05) is 35.9 Å². The molecule has 0 fully saturated rings. The molecule has 118 valence electrons. The van der Waals surface area contributed by atoms with E-state index >= 15 is 0 Å². The van der Waals surface area contributed by atoms with Gasteiger partial charge >= 0.3 is 0 Å². The van der Waals surface area contributed by atoms with Gasteiger partial charge in [-0.15, -0.1) is 0 Å². The topological polar surface area (TPSA) is 34.5 Å². The Morgan fingerprint density at radius 1 is 1.41 bits per heavy atom. The van der Waals surface area contributed by atoms with E-state index in [0.717, 1.165) is 11.0 Å². The van der Waals surface area contributed by atoms with E-state index in [9.17, 15) is 4.79 Å². The molecule has 2 aromatic rings. The maximum Gasteiger partial charge on any atom is 0.270 e. The number of carbonyl (C=O) groups is 1. The van der Waals surface area contributed by atoms with Crippen LogP contribution in [-0.2, 0) is 6.54 Å². The molecule has 0 saturated carbocycles. The van der Waals surface area contributed by atoms with Crippen LogP contribution in [0.3, 0.4) is 0 Å². The van der Waals surface area contributed by atoms with Crippen LogP contribution in [0.5, 0.6) is 5.75 Å². The van der Waals surface area contributed by atoms with Gasteiger partial charge in [0.1, 0.15) is 18.1 Å². The SMILES string of the molecule is CCn1cc(Br)cc1C(=O)N(C)CCOc1cccc(Cl)c1. The van der Waals surface area contributed by atoms with Gasteiger partial charge in [-0.3, -0.25) is 4.79 Å². The fraction of sp³-hybridized carbons (Fsp3) is 0.312. The molecule has 0 atom stereocenters. The number of likely N-dealkylation sites (N-methyl/N-ethyl adjacent to an activating group) is 1. The number of carbonyl (C=O) groups excluding carboxylic acids is 1. The highest BCUT2D eigenvalue weighted by Gasteiger charge is 2.16. The third kappa shape index (κ3) is 4.27. The van der Waals surface area contributed by atoms with Gasteiger partial charge in [-0.2, -0.15) is 0 Å². The molecule has 1 aromatic carbocycles. The molecule has 1 amide bonds. The molecule has 0 saturated heterocycles. The van der Waals surface area contributed by atoms with E-state index in [-0.39, 0.29) is 5.91 Å². The highest BCUT2D eigenvalue weighted by Crippen LogP contribution is 2.18. The number of rotatable bonds is 6. The quantitative estimate of drug-likeness (QED) is 0.751. The van der Waals surface area contributed by atoms with Gasteiger partial charge in [0.05, 0.1) is 6.54 Å². The first-order chi connectivity index (χ1) is 10.5. The minimum Gasteiger partial charge on any atom is -0.492 e. The maximum absolute atomic E-state index is 12.4. The molecular formula is C16H18BrClN2O2. The highest BCUT2D eigenvalue weighted by molar-refractivity contribution is 9.10. The van der Waals surface area contributed by atoms with Crippen molar-refractivity contribution in [1.82, 2.24) is 9.47 Å². The van der Waals surface area contributed by atoms with Crippen molar-refractivity contribution in [2.75, 3.05) is 20.2 Å². The molecule has 0 aliphatic heterocycles. The third-order valence-electron chi connectivity index (χ3n) is 3.26. The molecule has 0 unspecified atom stereocenters. The standard InChI is InChI=1S/C16H18BrClN2O2/c1-3-20-11-12(17)9-15(20)16(21)19(2)7-8-22-14-6-4-5-13(18)10-14/h4-6,9-11H,3,7-8H2,1-2H3. The zero-order valence-corrected chi connectivity index (χ0v) is 14.9. The molecule has 0 spiro atoms. The van der Waals surface area contributed by atoms with Gasteiger partial charge < -0.3 is 14.2 Å². The normalized spacial score (nSPS) is 10.5. The predicted octanol–water partition coefficient (Wildman–Crippen LogP) is 4.07. The predicted molar refractivity (Wildman–Crippen MR) is 91.7 cm³/mol. The second-order valence-electron chi connectivity index (χ2n) is 4.86. The lowest BCUT2D eigenvalue weighted by Gasteiger charge is -2.18. The molecule has 0 bridgehead atoms. The van der Waals surface area contributed by atoms with Crippen molar-refractivity contribution in [2.24, 2.45) is 0 Å². The fourth-order valence-corrected chi connectivity index (χ4v) is 2.71. The van der Waals surface area contributed by atoms with Crippen LogP contribution in [0, 0.1) is 0 Å². The van der Waals surface area contributed by atoms with Crippen molar-refractivity contribution < 1.29 is 9.53 Å². The zero-order chi connectivity index (χ0) is 16.1. The average molecular weight is 386 g/mol. The summed E-state index contributed by atoms with van der Waals surface area (Å²) in [5.74, 6) is 0.676. The maximum atomic E-state index is 12.4. The summed E-state index contributed by atoms with van der Waals surface area (Å²) >= 11 is 9.30. The Labute approximate surface area is 143 Å². The Hall–Kier alpha value is -1.46. The van der Waals surface area contributed by atoms with Gasteiger partial charge in [0.15, 0.2) is 0 Å². The Morgan fingerprint density at radius 3 is 2.86 bits per heavy atom. The van der Waals surface area contributed by atoms with Gasteiger partial charge in [-0.05, 0) is 47.1 Å². The smallest absolute Gasteiger partial charge is 0.270 e. The number of benzene rings is 1. The highest BCUT2D eigenvalue weighted by atomic mass is 79.9. The third-order valence-corrected chi connectivity index (χ3v) is 3.93. The number of aromatic nitrogens is 1. The molecule has 6 heteroatoms. The summed E-state index contributed by atoms with van der Waals surface area (Å²) in [6.07, 6.45) is 1.91. The van der Waals surface area contributed by atoms with Crippen LogP contribution in [0.25, 0.3) is 0 Å². The molecule has 1 aromatic heterocycles. The van der Waals surface area contributed by atoms with E-state index in [2.05, 4.69) is 15.9 Å². The first kappa shape index (κ1) is 16.9. The van der Waals surface area contributed by atoms with Crippen molar-refractivity contribution in [3.63, 3.8) is 0 Å². The van der Waals surface area contributed by atoms with Crippen molar-refractivity contribution in [3.8, 4) is 5.75 Å². The summed E-state index contributed by atoms with van der Waals surface area (Å²) in [7, 11) is 1.77. The molecular weight excluding hydrogens is 368 g/mol. The van der Waals surface area contributed by atoms with E-state index in [1.54, 1.807) is 24.1 Å². The summed E-state index contributed by atoms with van der Waals surface area (Å²) in [5.41, 5.74) is 0.666. The molecule has 1 heterocycles. The van der Waals surface area contributed by atoms with Gasteiger partial charge in [-0.25, -0.2) is 0 Å². The van der Waals surface area contributed by atoms with Crippen LogP contribution < -0.4 is 4.74 Å². The number of amides is 1. The summed E-state index contributed by atoms with van der Waals surface area (Å²) < 4.78 is 8.43. The molecule has 0 N–H and O–H groups in total. The zero-order valence-electron chi connectivity index (χ0n) is 12.6. The van der Waals surface area contributed by atoms with E-state index in [4.69, 9.17) is 16.3 Å². The molecule has 2 rings (SSSR count). The average Bonchev–Trinajstić information content (AvgIpc) is 2.87. The molecule has 0 aliphatic carbocycles. The summed E-state index contributed by atoms with van der Waals surface area (Å²) in [5, 5.41) is 0.632. The number of ether oxygens (including phenoxy) is 1. The monoisotopic (exact) mass is 384 g/mol. The fourth-order valence-electron chi connectivity index (χ4n) is 2.07. The number of hydrogen-bond donors (Lipinski definition) is 0. The van der Waals surface area contributed by atoms with Crippen LogP contribution in [0.1, 0.15) is 17.4 Å². The number of halogens is 2. The van der Waals surface area contributed by atoms with Crippen LogP contribution >= 0.6 is 27.5 Å². The van der Waals surface area contributed by atoms with Crippen molar-refractivity contribution in [2.45, 2.75) is 13.5 Å². The molecule has 22 heavy (non-hydrogen) atoms. The Balaban J connectivity index is 1.91. The number of hydrogen-bond acceptors (Lipinski definition) is 2. The lowest BCUT2D eigenvalue weighted by molar-refractivity contribution is 0.0763. The minimum atomic E-state index is -0.0257. The van der Waals surface area contributed by atoms with Crippen molar-refractivity contribution in [3.05, 3.63) is 51.7 Å². The molecule has 0 radical (unpaired) electrons. The molecule has 4 nitrogen and oxygen atoms in total. The van der Waals surface area contributed by atoms with Gasteiger partial charge in [0.25, 0.3) is 5.91 Å². The summed E-state index contributed by atoms with van der Waals surface area (Å²) in [6, 6.07) is 9.05. The molecule has 0 aliphatic rings. The first-order valence-corrected chi connectivity index (χ1v) is 8.18. The van der Waals surface area contributed by atoms with Crippen LogP contribution in [0.4, 0.5) is 0 Å². The number of nitrogens with zero attached hydrogens (tertiary/aromatic N) is 2. The first-order valence-electron chi connectivity index (χ1n) is 7.00. The number of aryl methyl sites for hydroxylation is 1. The van der Waals surface area contributed by atoms with Gasteiger partial charge in [-0.1, -0.05) is 17.7 Å². The second kappa shape index (κ2) is 7.70. The lowest BCUT2D eigenvalue weighted by atomic mass is 10.3. The van der Waals surface area contributed by atoms with E-state index in [1.165, 1.54) is 0 Å². The van der Waals surface area contributed by atoms with Crippen molar-refractivity contribution in [1.29, 1.82) is 0 Å².